The molecule has 16 heavy (non-hydrogen) atoms. The van der Waals surface area contributed by atoms with Crippen LogP contribution in [0.3, 0.4) is 0 Å². The number of aryl methyl sites for hydroxylation is 1. The normalized spacial score (nSPS) is 10.8. The molecule has 2 N–H and O–H groups in total. The topological polar surface area (TPSA) is 43.8 Å². The van der Waals surface area contributed by atoms with Crippen LogP contribution < -0.4 is 5.73 Å². The monoisotopic (exact) mass is 239 g/mol. The molecule has 0 unspecified atom stereocenters. The first-order valence-electron chi connectivity index (χ1n) is 4.82. The molecule has 1 heterocycles. The van der Waals surface area contributed by atoms with Gasteiger partial charge in [-0.1, -0.05) is 11.6 Å². The summed E-state index contributed by atoms with van der Waals surface area (Å²) in [6.07, 6.45) is 1.82. The molecule has 0 aliphatic heterocycles. The molecule has 1 aromatic heterocycles. The Morgan fingerprint density at radius 1 is 1.50 bits per heavy atom. The highest BCUT2D eigenvalue weighted by Gasteiger charge is 2.07. The number of benzene rings is 1. The van der Waals surface area contributed by atoms with E-state index in [1.807, 2.05) is 17.7 Å². The van der Waals surface area contributed by atoms with Crippen LogP contribution in [0, 0.1) is 12.7 Å². The number of rotatable bonds is 2. The van der Waals surface area contributed by atoms with E-state index in [9.17, 15) is 4.39 Å². The zero-order valence-corrected chi connectivity index (χ0v) is 9.50. The first-order valence-corrected chi connectivity index (χ1v) is 5.20. The van der Waals surface area contributed by atoms with Crippen molar-refractivity contribution in [2.24, 2.45) is 5.73 Å². The van der Waals surface area contributed by atoms with Crippen LogP contribution in [0.25, 0.3) is 5.69 Å². The van der Waals surface area contributed by atoms with Crippen LogP contribution >= 0.6 is 11.6 Å². The summed E-state index contributed by atoms with van der Waals surface area (Å²) in [7, 11) is 0. The van der Waals surface area contributed by atoms with Gasteiger partial charge in [0.1, 0.15) is 11.6 Å². The van der Waals surface area contributed by atoms with Gasteiger partial charge in [0, 0.05) is 18.4 Å². The average molecular weight is 240 g/mol. The minimum Gasteiger partial charge on any atom is -0.325 e. The number of nitrogens with zero attached hydrogens (tertiary/aromatic N) is 2. The number of imidazole rings is 1. The third-order valence-corrected chi connectivity index (χ3v) is 2.61. The summed E-state index contributed by atoms with van der Waals surface area (Å²) in [6.45, 7) is 2.24. The summed E-state index contributed by atoms with van der Waals surface area (Å²) in [6, 6.07) is 4.54. The molecule has 3 nitrogen and oxygen atoms in total. The molecule has 84 valence electrons. The summed E-state index contributed by atoms with van der Waals surface area (Å²) in [5, 5.41) is 0.0971. The molecule has 0 atom stereocenters. The Morgan fingerprint density at radius 3 is 2.81 bits per heavy atom. The van der Waals surface area contributed by atoms with Crippen molar-refractivity contribution in [3.05, 3.63) is 46.8 Å². The molecule has 0 aliphatic rings. The molecule has 1 aromatic carbocycles. The fourth-order valence-corrected chi connectivity index (χ4v) is 1.70. The summed E-state index contributed by atoms with van der Waals surface area (Å²) in [4.78, 5) is 4.26. The first-order chi connectivity index (χ1) is 7.61. The van der Waals surface area contributed by atoms with Crippen LogP contribution in [0.2, 0.25) is 5.02 Å². The first kappa shape index (κ1) is 11.1. The minimum atomic E-state index is -0.428. The van der Waals surface area contributed by atoms with Gasteiger partial charge < -0.3 is 10.3 Å². The third-order valence-electron chi connectivity index (χ3n) is 2.32. The molecule has 2 aromatic rings. The highest BCUT2D eigenvalue weighted by Crippen LogP contribution is 2.20. The molecule has 0 aliphatic carbocycles. The molecular formula is C11H11ClFN3. The summed E-state index contributed by atoms with van der Waals surface area (Å²) in [5.74, 6) is 0.366. The van der Waals surface area contributed by atoms with E-state index < -0.39 is 5.82 Å². The maximum Gasteiger partial charge on any atom is 0.141 e. The second-order valence-electron chi connectivity index (χ2n) is 3.45. The van der Waals surface area contributed by atoms with Crippen LogP contribution in [0.15, 0.2) is 24.4 Å². The molecule has 0 saturated carbocycles. The van der Waals surface area contributed by atoms with E-state index in [-0.39, 0.29) is 5.02 Å². The van der Waals surface area contributed by atoms with Gasteiger partial charge >= 0.3 is 0 Å². The van der Waals surface area contributed by atoms with Gasteiger partial charge in [0.25, 0.3) is 0 Å². The lowest BCUT2D eigenvalue weighted by Crippen LogP contribution is -1.96. The fraction of sp³-hybridized carbons (Fsp3) is 0.182. The van der Waals surface area contributed by atoms with Crippen molar-refractivity contribution in [2.45, 2.75) is 13.5 Å². The molecular weight excluding hydrogens is 229 g/mol. The van der Waals surface area contributed by atoms with Gasteiger partial charge in [0.2, 0.25) is 0 Å². The number of hydrogen-bond donors (Lipinski definition) is 1. The van der Waals surface area contributed by atoms with Crippen molar-refractivity contribution >= 4 is 11.6 Å². The van der Waals surface area contributed by atoms with Gasteiger partial charge in [0.05, 0.1) is 10.7 Å². The highest BCUT2D eigenvalue weighted by molar-refractivity contribution is 6.30. The quantitative estimate of drug-likeness (QED) is 0.875. The molecule has 0 amide bonds. The summed E-state index contributed by atoms with van der Waals surface area (Å²) < 4.78 is 14.8. The lowest BCUT2D eigenvalue weighted by Gasteiger charge is -2.05. The number of halogens is 2. The van der Waals surface area contributed by atoms with Crippen LogP contribution in [-0.4, -0.2) is 9.55 Å². The van der Waals surface area contributed by atoms with E-state index in [1.54, 1.807) is 12.1 Å². The second kappa shape index (κ2) is 4.23. The lowest BCUT2D eigenvalue weighted by atomic mass is 10.3. The van der Waals surface area contributed by atoms with Gasteiger partial charge in [-0.25, -0.2) is 9.37 Å². The maximum absolute atomic E-state index is 13.0. The van der Waals surface area contributed by atoms with Gasteiger partial charge in [-0.3, -0.25) is 0 Å². The zero-order chi connectivity index (χ0) is 11.7. The van der Waals surface area contributed by atoms with Crippen molar-refractivity contribution < 1.29 is 4.39 Å². The van der Waals surface area contributed by atoms with Crippen LogP contribution in [0.4, 0.5) is 4.39 Å². The molecule has 5 heteroatoms. The van der Waals surface area contributed by atoms with E-state index in [2.05, 4.69) is 4.98 Å². The van der Waals surface area contributed by atoms with Gasteiger partial charge in [-0.2, -0.15) is 0 Å². The second-order valence-corrected chi connectivity index (χ2v) is 3.86. The van der Waals surface area contributed by atoms with Gasteiger partial charge in [-0.05, 0) is 25.1 Å². The minimum absolute atomic E-state index is 0.0971. The molecule has 0 bridgehead atoms. The fourth-order valence-electron chi connectivity index (χ4n) is 1.53. The van der Waals surface area contributed by atoms with Crippen molar-refractivity contribution in [1.82, 2.24) is 9.55 Å². The SMILES string of the molecule is Cc1nc(CN)cn1-c1ccc(F)c(Cl)c1. The molecule has 0 fully saturated rings. The summed E-state index contributed by atoms with van der Waals surface area (Å²) >= 11 is 5.72. The Hall–Kier alpha value is -1.39. The Morgan fingerprint density at radius 2 is 2.25 bits per heavy atom. The zero-order valence-electron chi connectivity index (χ0n) is 8.74. The molecule has 2 rings (SSSR count). The number of aromatic nitrogens is 2. The van der Waals surface area contributed by atoms with Crippen molar-refractivity contribution in [3.63, 3.8) is 0 Å². The third kappa shape index (κ3) is 1.94. The van der Waals surface area contributed by atoms with E-state index >= 15 is 0 Å². The van der Waals surface area contributed by atoms with Crippen LogP contribution in [-0.2, 0) is 6.54 Å². The predicted octanol–water partition coefficient (Wildman–Crippen LogP) is 2.43. The molecule has 0 saturated heterocycles. The van der Waals surface area contributed by atoms with E-state index in [1.165, 1.54) is 6.07 Å². The smallest absolute Gasteiger partial charge is 0.141 e. The van der Waals surface area contributed by atoms with Gasteiger partial charge in [0.15, 0.2) is 0 Å². The number of hydrogen-bond acceptors (Lipinski definition) is 2. The Labute approximate surface area is 97.7 Å². The van der Waals surface area contributed by atoms with E-state index in [0.29, 0.717) is 6.54 Å². The Balaban J connectivity index is 2.49. The van der Waals surface area contributed by atoms with Crippen LogP contribution in [0.1, 0.15) is 11.5 Å². The van der Waals surface area contributed by atoms with Gasteiger partial charge in [-0.15, -0.1) is 0 Å². The maximum atomic E-state index is 13.0. The average Bonchev–Trinajstić information content (AvgIpc) is 2.64. The molecule has 0 radical (unpaired) electrons. The van der Waals surface area contributed by atoms with Crippen molar-refractivity contribution in [2.75, 3.05) is 0 Å². The van der Waals surface area contributed by atoms with E-state index in [4.69, 9.17) is 17.3 Å². The predicted molar refractivity (Wildman–Crippen MR) is 61.2 cm³/mol. The molecule has 0 spiro atoms. The number of nitrogens with two attached hydrogens (primary N) is 1. The largest absolute Gasteiger partial charge is 0.325 e. The summed E-state index contributed by atoms with van der Waals surface area (Å²) in [5.41, 5.74) is 7.07. The highest BCUT2D eigenvalue weighted by atomic mass is 35.5. The van der Waals surface area contributed by atoms with Crippen molar-refractivity contribution in [3.8, 4) is 5.69 Å². The standard InChI is InChI=1S/C11H11ClFN3/c1-7-15-8(5-14)6-16(7)9-2-3-11(13)10(12)4-9/h2-4,6H,5,14H2,1H3. The van der Waals surface area contributed by atoms with E-state index in [0.717, 1.165) is 17.2 Å². The van der Waals surface area contributed by atoms with Crippen LogP contribution in [0.5, 0.6) is 0 Å². The lowest BCUT2D eigenvalue weighted by molar-refractivity contribution is 0.627. The Kier molecular flexibility index (Phi) is 2.94. The Bertz CT molecular complexity index is 522. The van der Waals surface area contributed by atoms with Crippen molar-refractivity contribution in [1.29, 1.82) is 0 Å².